The van der Waals surface area contributed by atoms with Gasteiger partial charge in [-0.3, -0.25) is 0 Å². The molecule has 5 nitrogen and oxygen atoms in total. The van der Waals surface area contributed by atoms with Crippen molar-refractivity contribution in [1.29, 1.82) is 0 Å². The summed E-state index contributed by atoms with van der Waals surface area (Å²) in [5.41, 5.74) is 0.774. The maximum Gasteiger partial charge on any atom is 0.335 e. The van der Waals surface area contributed by atoms with Crippen LogP contribution in [-0.2, 0) is 6.54 Å². The Morgan fingerprint density at radius 3 is 2.67 bits per heavy atom. The van der Waals surface area contributed by atoms with Crippen LogP contribution < -0.4 is 5.32 Å². The first-order chi connectivity index (χ1) is 11.5. The van der Waals surface area contributed by atoms with Crippen molar-refractivity contribution in [3.8, 4) is 11.3 Å². The molecular weight excluding hydrogens is 328 g/mol. The number of benzene rings is 1. The fourth-order valence-electron chi connectivity index (χ4n) is 2.45. The lowest BCUT2D eigenvalue weighted by Gasteiger charge is -2.17. The van der Waals surface area contributed by atoms with Crippen molar-refractivity contribution in [3.63, 3.8) is 0 Å². The molecular formula is C18H23ClN2O3. The molecule has 0 aliphatic heterocycles. The average molecular weight is 351 g/mol. The molecule has 0 radical (unpaired) electrons. The van der Waals surface area contributed by atoms with E-state index in [-0.39, 0.29) is 5.56 Å². The smallest absolute Gasteiger partial charge is 0.335 e. The zero-order valence-electron chi connectivity index (χ0n) is 14.0. The van der Waals surface area contributed by atoms with Crippen molar-refractivity contribution in [2.24, 2.45) is 0 Å². The summed E-state index contributed by atoms with van der Waals surface area (Å²) in [5.74, 6) is 0.378. The third kappa shape index (κ3) is 4.84. The highest BCUT2D eigenvalue weighted by atomic mass is 35.5. The predicted molar refractivity (Wildman–Crippen MR) is 95.6 cm³/mol. The minimum Gasteiger partial charge on any atom is -0.478 e. The van der Waals surface area contributed by atoms with Crippen LogP contribution in [0.15, 0.2) is 34.7 Å². The summed E-state index contributed by atoms with van der Waals surface area (Å²) in [7, 11) is 0. The molecule has 0 saturated heterocycles. The Morgan fingerprint density at radius 1 is 1.25 bits per heavy atom. The Hall–Kier alpha value is -1.82. The van der Waals surface area contributed by atoms with Gasteiger partial charge in [0.2, 0.25) is 0 Å². The van der Waals surface area contributed by atoms with Crippen LogP contribution in [0.4, 0.5) is 0 Å². The molecule has 1 heterocycles. The number of carboxylic acid groups (broad SMARTS) is 1. The number of nitrogens with one attached hydrogen (secondary N) is 1. The predicted octanol–water partition coefficient (Wildman–Crippen LogP) is 3.73. The van der Waals surface area contributed by atoms with E-state index in [0.29, 0.717) is 22.9 Å². The number of carboxylic acids is 1. The lowest BCUT2D eigenvalue weighted by atomic mass is 10.1. The SMILES string of the molecule is CCN(CC)CCNCc1ccc(-c2cc(C(=O)O)ccc2Cl)o1. The molecule has 0 fully saturated rings. The molecule has 0 unspecified atom stereocenters. The van der Waals surface area contributed by atoms with Crippen LogP contribution in [0.25, 0.3) is 11.3 Å². The molecule has 24 heavy (non-hydrogen) atoms. The maximum absolute atomic E-state index is 11.1. The normalized spacial score (nSPS) is 11.2. The Labute approximate surface area is 147 Å². The van der Waals surface area contributed by atoms with E-state index in [2.05, 4.69) is 24.1 Å². The van der Waals surface area contributed by atoms with E-state index in [1.54, 1.807) is 6.07 Å². The van der Waals surface area contributed by atoms with Gasteiger partial charge in [0.15, 0.2) is 0 Å². The Bertz CT molecular complexity index is 681. The molecule has 0 aliphatic carbocycles. The number of aromatic carboxylic acids is 1. The molecule has 2 N–H and O–H groups in total. The molecule has 0 spiro atoms. The summed E-state index contributed by atoms with van der Waals surface area (Å²) in [4.78, 5) is 13.4. The van der Waals surface area contributed by atoms with Crippen LogP contribution in [0.3, 0.4) is 0 Å². The average Bonchev–Trinajstić information content (AvgIpc) is 3.04. The lowest BCUT2D eigenvalue weighted by Crippen LogP contribution is -2.31. The third-order valence-electron chi connectivity index (χ3n) is 3.94. The second kappa shape index (κ2) is 8.87. The number of likely N-dealkylation sites (N-methyl/N-ethyl adjacent to an activating group) is 1. The van der Waals surface area contributed by atoms with E-state index >= 15 is 0 Å². The molecule has 0 atom stereocenters. The highest BCUT2D eigenvalue weighted by Crippen LogP contribution is 2.30. The highest BCUT2D eigenvalue weighted by molar-refractivity contribution is 6.33. The van der Waals surface area contributed by atoms with Gasteiger partial charge in [0.25, 0.3) is 0 Å². The van der Waals surface area contributed by atoms with Gasteiger partial charge < -0.3 is 19.7 Å². The van der Waals surface area contributed by atoms with Crippen LogP contribution >= 0.6 is 11.6 Å². The molecule has 1 aromatic heterocycles. The van der Waals surface area contributed by atoms with E-state index in [4.69, 9.17) is 21.1 Å². The Kier molecular flexibility index (Phi) is 6.85. The van der Waals surface area contributed by atoms with Crippen molar-refractivity contribution in [2.45, 2.75) is 20.4 Å². The van der Waals surface area contributed by atoms with Gasteiger partial charge >= 0.3 is 5.97 Å². The maximum atomic E-state index is 11.1. The van der Waals surface area contributed by atoms with Crippen LogP contribution in [0.5, 0.6) is 0 Å². The molecule has 0 saturated carbocycles. The third-order valence-corrected chi connectivity index (χ3v) is 4.27. The van der Waals surface area contributed by atoms with Crippen LogP contribution in [0.2, 0.25) is 5.02 Å². The number of nitrogens with zero attached hydrogens (tertiary/aromatic N) is 1. The number of furan rings is 1. The number of rotatable bonds is 9. The monoisotopic (exact) mass is 350 g/mol. The van der Waals surface area contributed by atoms with E-state index in [1.165, 1.54) is 12.1 Å². The molecule has 2 rings (SSSR count). The van der Waals surface area contributed by atoms with Gasteiger partial charge in [0, 0.05) is 18.7 Å². The van der Waals surface area contributed by atoms with Crippen molar-refractivity contribution in [2.75, 3.05) is 26.2 Å². The standard InChI is InChI=1S/C18H23ClN2O3/c1-3-21(4-2)10-9-20-12-14-6-8-17(24-14)15-11-13(18(22)23)5-7-16(15)19/h5-8,11,20H,3-4,9-10,12H2,1-2H3,(H,22,23). The van der Waals surface area contributed by atoms with Gasteiger partial charge in [-0.05, 0) is 43.4 Å². The summed E-state index contributed by atoms with van der Waals surface area (Å²) in [5, 5.41) is 12.9. The fourth-order valence-corrected chi connectivity index (χ4v) is 2.66. The van der Waals surface area contributed by atoms with Gasteiger partial charge in [-0.25, -0.2) is 4.79 Å². The lowest BCUT2D eigenvalue weighted by molar-refractivity contribution is 0.0697. The van der Waals surface area contributed by atoms with E-state index in [0.717, 1.165) is 31.9 Å². The van der Waals surface area contributed by atoms with Gasteiger partial charge in [-0.15, -0.1) is 0 Å². The van der Waals surface area contributed by atoms with Gasteiger partial charge in [0.05, 0.1) is 17.1 Å². The number of hydrogen-bond acceptors (Lipinski definition) is 4. The van der Waals surface area contributed by atoms with Crippen LogP contribution in [0, 0.1) is 0 Å². The van der Waals surface area contributed by atoms with E-state index < -0.39 is 5.97 Å². The molecule has 130 valence electrons. The highest BCUT2D eigenvalue weighted by Gasteiger charge is 2.12. The quantitative estimate of drug-likeness (QED) is 0.674. The van der Waals surface area contributed by atoms with Gasteiger partial charge in [0.1, 0.15) is 11.5 Å². The molecule has 2 aromatic rings. The molecule has 1 aromatic carbocycles. The molecule has 6 heteroatoms. The molecule has 0 bridgehead atoms. The van der Waals surface area contributed by atoms with Crippen molar-refractivity contribution in [1.82, 2.24) is 10.2 Å². The zero-order chi connectivity index (χ0) is 17.5. The second-order valence-corrected chi connectivity index (χ2v) is 5.88. The first-order valence-corrected chi connectivity index (χ1v) is 8.48. The minimum absolute atomic E-state index is 0.185. The Balaban J connectivity index is 1.98. The van der Waals surface area contributed by atoms with Gasteiger partial charge in [-0.2, -0.15) is 0 Å². The largest absolute Gasteiger partial charge is 0.478 e. The first kappa shape index (κ1) is 18.5. The fraction of sp³-hybridized carbons (Fsp3) is 0.389. The topological polar surface area (TPSA) is 65.7 Å². The van der Waals surface area contributed by atoms with Crippen molar-refractivity contribution in [3.05, 3.63) is 46.7 Å². The summed E-state index contributed by atoms with van der Waals surface area (Å²) in [6.07, 6.45) is 0. The zero-order valence-corrected chi connectivity index (χ0v) is 14.8. The summed E-state index contributed by atoms with van der Waals surface area (Å²) >= 11 is 6.16. The number of hydrogen-bond donors (Lipinski definition) is 2. The van der Waals surface area contributed by atoms with Crippen LogP contribution in [-0.4, -0.2) is 42.2 Å². The summed E-state index contributed by atoms with van der Waals surface area (Å²) in [6.45, 7) is 8.88. The van der Waals surface area contributed by atoms with E-state index in [9.17, 15) is 4.79 Å². The van der Waals surface area contributed by atoms with Gasteiger partial charge in [-0.1, -0.05) is 25.4 Å². The first-order valence-electron chi connectivity index (χ1n) is 8.10. The van der Waals surface area contributed by atoms with Crippen molar-refractivity contribution >= 4 is 17.6 Å². The minimum atomic E-state index is -0.988. The van der Waals surface area contributed by atoms with Crippen LogP contribution in [0.1, 0.15) is 30.0 Å². The number of halogens is 1. The number of carbonyl (C=O) groups is 1. The van der Waals surface area contributed by atoms with E-state index in [1.807, 2.05) is 12.1 Å². The Morgan fingerprint density at radius 2 is 2.00 bits per heavy atom. The summed E-state index contributed by atoms with van der Waals surface area (Å²) < 4.78 is 5.79. The second-order valence-electron chi connectivity index (χ2n) is 5.47. The molecule has 0 aliphatic rings. The van der Waals surface area contributed by atoms with Crippen molar-refractivity contribution < 1.29 is 14.3 Å². The molecule has 0 amide bonds. The summed E-state index contributed by atoms with van der Waals surface area (Å²) in [6, 6.07) is 8.27.